The molecule has 0 radical (unpaired) electrons. The van der Waals surface area contributed by atoms with E-state index in [0.29, 0.717) is 11.1 Å². The van der Waals surface area contributed by atoms with E-state index in [1.807, 2.05) is 0 Å². The van der Waals surface area contributed by atoms with Crippen molar-refractivity contribution in [2.75, 3.05) is 0 Å². The van der Waals surface area contributed by atoms with Crippen LogP contribution >= 0.6 is 0 Å². The van der Waals surface area contributed by atoms with Crippen LogP contribution in [0.1, 0.15) is 17.2 Å². The molecule has 110 valence electrons. The third kappa shape index (κ3) is 2.19. The van der Waals surface area contributed by atoms with Crippen molar-refractivity contribution in [3.63, 3.8) is 0 Å². The number of benzene rings is 2. The van der Waals surface area contributed by atoms with Crippen molar-refractivity contribution >= 4 is 0 Å². The molecule has 0 fully saturated rings. The molecule has 0 saturated carbocycles. The highest BCUT2D eigenvalue weighted by Gasteiger charge is 2.32. The summed E-state index contributed by atoms with van der Waals surface area (Å²) >= 11 is 0. The summed E-state index contributed by atoms with van der Waals surface area (Å²) in [5.74, 6) is -1.18. The number of rotatable bonds is 1. The van der Waals surface area contributed by atoms with E-state index in [4.69, 9.17) is 4.74 Å². The van der Waals surface area contributed by atoms with Gasteiger partial charge in [0, 0.05) is 12.0 Å². The van der Waals surface area contributed by atoms with E-state index in [9.17, 15) is 25.5 Å². The van der Waals surface area contributed by atoms with Crippen LogP contribution in [0.25, 0.3) is 0 Å². The van der Waals surface area contributed by atoms with E-state index in [1.165, 1.54) is 24.3 Å². The molecule has 0 saturated heterocycles. The van der Waals surface area contributed by atoms with Gasteiger partial charge in [-0.3, -0.25) is 0 Å². The molecule has 0 aliphatic carbocycles. The summed E-state index contributed by atoms with van der Waals surface area (Å²) in [6.45, 7) is 0. The van der Waals surface area contributed by atoms with Gasteiger partial charge in [-0.25, -0.2) is 0 Å². The van der Waals surface area contributed by atoms with Crippen LogP contribution in [0.15, 0.2) is 30.3 Å². The lowest BCUT2D eigenvalue weighted by molar-refractivity contribution is 0.0186. The van der Waals surface area contributed by atoms with Crippen LogP contribution in [0.2, 0.25) is 0 Å². The Morgan fingerprint density at radius 1 is 0.905 bits per heavy atom. The fourth-order valence-electron chi connectivity index (χ4n) is 2.44. The Morgan fingerprint density at radius 2 is 1.62 bits per heavy atom. The SMILES string of the molecule is Oc1ccc([C@@H]2Oc3c(ccc(O)c3O)C[C@H]2O)cc1O. The van der Waals surface area contributed by atoms with Crippen molar-refractivity contribution in [2.45, 2.75) is 18.6 Å². The second-order valence-corrected chi connectivity index (χ2v) is 4.98. The van der Waals surface area contributed by atoms with Gasteiger partial charge in [-0.1, -0.05) is 12.1 Å². The minimum absolute atomic E-state index is 0.109. The molecule has 0 amide bonds. The first-order valence-electron chi connectivity index (χ1n) is 6.37. The third-order valence-corrected chi connectivity index (χ3v) is 3.54. The van der Waals surface area contributed by atoms with Gasteiger partial charge in [0.2, 0.25) is 5.75 Å². The first-order valence-corrected chi connectivity index (χ1v) is 6.37. The quantitative estimate of drug-likeness (QED) is 0.510. The highest BCUT2D eigenvalue weighted by molar-refractivity contribution is 5.55. The van der Waals surface area contributed by atoms with Gasteiger partial charge in [-0.05, 0) is 23.8 Å². The Kier molecular flexibility index (Phi) is 3.03. The van der Waals surface area contributed by atoms with E-state index in [2.05, 4.69) is 0 Å². The van der Waals surface area contributed by atoms with Crippen molar-refractivity contribution in [2.24, 2.45) is 0 Å². The van der Waals surface area contributed by atoms with Crippen LogP contribution < -0.4 is 4.74 Å². The van der Waals surface area contributed by atoms with Crippen molar-refractivity contribution in [1.29, 1.82) is 0 Å². The minimum atomic E-state index is -0.884. The zero-order valence-electron chi connectivity index (χ0n) is 10.9. The summed E-state index contributed by atoms with van der Waals surface area (Å²) in [5.41, 5.74) is 1.03. The average Bonchev–Trinajstić information content (AvgIpc) is 2.46. The first kappa shape index (κ1) is 13.4. The molecule has 1 heterocycles. The van der Waals surface area contributed by atoms with Crippen LogP contribution in [-0.2, 0) is 6.42 Å². The summed E-state index contributed by atoms with van der Waals surface area (Å²) in [4.78, 5) is 0. The number of phenols is 4. The smallest absolute Gasteiger partial charge is 0.200 e. The Morgan fingerprint density at radius 3 is 2.33 bits per heavy atom. The van der Waals surface area contributed by atoms with Gasteiger partial charge in [-0.2, -0.15) is 0 Å². The van der Waals surface area contributed by atoms with Crippen LogP contribution in [0.5, 0.6) is 28.7 Å². The van der Waals surface area contributed by atoms with Crippen LogP contribution in [0, 0.1) is 0 Å². The summed E-state index contributed by atoms with van der Waals surface area (Å²) in [5, 5.41) is 48.4. The molecule has 5 N–H and O–H groups in total. The summed E-state index contributed by atoms with van der Waals surface area (Å²) < 4.78 is 5.58. The highest BCUT2D eigenvalue weighted by atomic mass is 16.5. The number of ether oxygens (including phenoxy) is 1. The van der Waals surface area contributed by atoms with Crippen LogP contribution in [-0.4, -0.2) is 31.6 Å². The molecule has 2 aromatic carbocycles. The molecular weight excluding hydrogens is 276 g/mol. The molecule has 1 aliphatic heterocycles. The van der Waals surface area contributed by atoms with Crippen molar-refractivity contribution < 1.29 is 30.3 Å². The van der Waals surface area contributed by atoms with E-state index in [1.54, 1.807) is 6.07 Å². The van der Waals surface area contributed by atoms with Gasteiger partial charge in [0.25, 0.3) is 0 Å². The van der Waals surface area contributed by atoms with Crippen LogP contribution in [0.3, 0.4) is 0 Å². The maximum absolute atomic E-state index is 10.2. The van der Waals surface area contributed by atoms with Gasteiger partial charge in [0.1, 0.15) is 0 Å². The fraction of sp³-hybridized carbons (Fsp3) is 0.200. The lowest BCUT2D eigenvalue weighted by Gasteiger charge is -2.31. The minimum Gasteiger partial charge on any atom is -0.504 e. The topological polar surface area (TPSA) is 110 Å². The van der Waals surface area contributed by atoms with E-state index in [0.717, 1.165) is 0 Å². The molecule has 0 unspecified atom stereocenters. The molecular formula is C15H14O6. The number of phenolic OH excluding ortho intramolecular Hbond substituents is 4. The summed E-state index contributed by atoms with van der Waals surface area (Å²) in [6, 6.07) is 6.98. The number of aliphatic hydroxyl groups excluding tert-OH is 1. The van der Waals surface area contributed by atoms with Gasteiger partial charge < -0.3 is 30.3 Å². The van der Waals surface area contributed by atoms with Crippen molar-refractivity contribution in [1.82, 2.24) is 0 Å². The Balaban J connectivity index is 2.01. The number of fused-ring (bicyclic) bond motifs is 1. The molecule has 6 nitrogen and oxygen atoms in total. The lowest BCUT2D eigenvalue weighted by atomic mass is 9.94. The van der Waals surface area contributed by atoms with E-state index >= 15 is 0 Å². The third-order valence-electron chi connectivity index (χ3n) is 3.54. The maximum atomic E-state index is 10.2. The van der Waals surface area contributed by atoms with Crippen molar-refractivity contribution in [3.8, 4) is 28.7 Å². The number of aromatic hydroxyl groups is 4. The second-order valence-electron chi connectivity index (χ2n) is 4.98. The van der Waals surface area contributed by atoms with Gasteiger partial charge in [-0.15, -0.1) is 0 Å². The molecule has 0 bridgehead atoms. The Hall–Kier alpha value is -2.60. The largest absolute Gasteiger partial charge is 0.504 e. The first-order chi connectivity index (χ1) is 9.97. The average molecular weight is 290 g/mol. The summed E-state index contributed by atoms with van der Waals surface area (Å²) in [6.07, 6.45) is -1.47. The van der Waals surface area contributed by atoms with Crippen LogP contribution in [0.4, 0.5) is 0 Å². The predicted molar refractivity (Wildman–Crippen MR) is 72.6 cm³/mol. The normalized spacial score (nSPS) is 20.6. The van der Waals surface area contributed by atoms with E-state index in [-0.39, 0.29) is 35.2 Å². The zero-order valence-corrected chi connectivity index (χ0v) is 10.9. The molecule has 0 aromatic heterocycles. The molecule has 21 heavy (non-hydrogen) atoms. The Labute approximate surface area is 120 Å². The number of hydrogen-bond acceptors (Lipinski definition) is 6. The molecule has 2 aromatic rings. The summed E-state index contributed by atoms with van der Waals surface area (Å²) in [7, 11) is 0. The fourth-order valence-corrected chi connectivity index (χ4v) is 2.44. The standard InChI is InChI=1S/C15H14O6/c16-9-3-1-7(5-11(9)18)14-12(19)6-8-2-4-10(17)13(20)15(8)21-14/h1-5,12,14,16-20H,6H2/t12-,14+/m1/s1. The van der Waals surface area contributed by atoms with E-state index < -0.39 is 12.2 Å². The second kappa shape index (κ2) is 4.75. The predicted octanol–water partition coefficient (Wildman–Crippen LogP) is 1.55. The molecule has 6 heteroatoms. The number of hydrogen-bond donors (Lipinski definition) is 5. The molecule has 2 atom stereocenters. The van der Waals surface area contributed by atoms with Gasteiger partial charge in [0.05, 0.1) is 6.10 Å². The maximum Gasteiger partial charge on any atom is 0.200 e. The molecule has 3 rings (SSSR count). The molecule has 1 aliphatic rings. The van der Waals surface area contributed by atoms with Crippen molar-refractivity contribution in [3.05, 3.63) is 41.5 Å². The monoisotopic (exact) mass is 290 g/mol. The van der Waals surface area contributed by atoms with Gasteiger partial charge in [0.15, 0.2) is 29.1 Å². The Bertz CT molecular complexity index is 697. The van der Waals surface area contributed by atoms with Gasteiger partial charge >= 0.3 is 0 Å². The number of aliphatic hydroxyl groups is 1. The zero-order chi connectivity index (χ0) is 15.1. The molecule has 0 spiro atoms. The highest BCUT2D eigenvalue weighted by Crippen LogP contribution is 2.45. The lowest BCUT2D eigenvalue weighted by Crippen LogP contribution is -2.30.